The molecule has 0 heterocycles. The summed E-state index contributed by atoms with van der Waals surface area (Å²) in [5, 5.41) is 3.45. The van der Waals surface area contributed by atoms with Crippen molar-refractivity contribution in [3.05, 3.63) is 0 Å². The lowest BCUT2D eigenvalue weighted by Gasteiger charge is -2.10. The van der Waals surface area contributed by atoms with E-state index in [0.717, 1.165) is 30.0 Å². The molecule has 0 rings (SSSR count). The molecule has 0 bridgehead atoms. The first kappa shape index (κ1) is 16.4. The van der Waals surface area contributed by atoms with E-state index in [4.69, 9.17) is 5.73 Å². The molecule has 0 fully saturated rings. The first-order valence-corrected chi connectivity index (χ1v) is 8.69. The molecule has 0 aromatic heterocycles. The standard InChI is InChI=1S/C11H24I2N2/c12-7-4-2-1-3-6-11(13)10-15-9-5-8-14/h11,15H,1-10,14H2. The molecule has 15 heavy (non-hydrogen) atoms. The first-order valence-electron chi connectivity index (χ1n) is 5.92. The van der Waals surface area contributed by atoms with E-state index in [9.17, 15) is 0 Å². The highest BCUT2D eigenvalue weighted by Crippen LogP contribution is 2.12. The van der Waals surface area contributed by atoms with Crippen LogP contribution in [0.3, 0.4) is 0 Å². The van der Waals surface area contributed by atoms with Gasteiger partial charge in [-0.3, -0.25) is 0 Å². The van der Waals surface area contributed by atoms with Crippen molar-refractivity contribution in [1.82, 2.24) is 5.32 Å². The van der Waals surface area contributed by atoms with Gasteiger partial charge in [-0.2, -0.15) is 0 Å². The Morgan fingerprint density at radius 1 is 1.07 bits per heavy atom. The topological polar surface area (TPSA) is 38.0 Å². The molecule has 0 aliphatic rings. The third-order valence-corrected chi connectivity index (χ3v) is 4.15. The molecule has 1 unspecified atom stereocenters. The van der Waals surface area contributed by atoms with Crippen molar-refractivity contribution >= 4 is 45.2 Å². The minimum atomic E-state index is 0.792. The van der Waals surface area contributed by atoms with E-state index in [1.54, 1.807) is 0 Å². The molecule has 0 aliphatic heterocycles. The van der Waals surface area contributed by atoms with Crippen LogP contribution in [0.2, 0.25) is 0 Å². The molecule has 0 saturated heterocycles. The number of hydrogen-bond donors (Lipinski definition) is 2. The van der Waals surface area contributed by atoms with Gasteiger partial charge in [-0.25, -0.2) is 0 Å². The van der Waals surface area contributed by atoms with Crippen LogP contribution in [0, 0.1) is 0 Å². The van der Waals surface area contributed by atoms with E-state index in [1.165, 1.54) is 36.5 Å². The average molecular weight is 438 g/mol. The van der Waals surface area contributed by atoms with E-state index < -0.39 is 0 Å². The fourth-order valence-electron chi connectivity index (χ4n) is 1.40. The molecule has 0 amide bonds. The smallest absolute Gasteiger partial charge is 0.0234 e. The number of rotatable bonds is 11. The molecule has 2 nitrogen and oxygen atoms in total. The second-order valence-corrected chi connectivity index (χ2v) is 6.68. The molecule has 0 aliphatic carbocycles. The van der Waals surface area contributed by atoms with Crippen LogP contribution >= 0.6 is 45.2 Å². The summed E-state index contributed by atoms with van der Waals surface area (Å²) in [7, 11) is 0. The summed E-state index contributed by atoms with van der Waals surface area (Å²) in [5.74, 6) is 0. The Morgan fingerprint density at radius 2 is 1.80 bits per heavy atom. The summed E-state index contributed by atoms with van der Waals surface area (Å²) >= 11 is 5.02. The first-order chi connectivity index (χ1) is 7.31. The Hall–Kier alpha value is 1.38. The second-order valence-electron chi connectivity index (χ2n) is 3.84. The summed E-state index contributed by atoms with van der Waals surface area (Å²) < 4.78 is 2.10. The maximum Gasteiger partial charge on any atom is 0.0234 e. The second kappa shape index (κ2) is 13.4. The lowest BCUT2D eigenvalue weighted by atomic mass is 10.1. The van der Waals surface area contributed by atoms with Gasteiger partial charge >= 0.3 is 0 Å². The van der Waals surface area contributed by atoms with E-state index in [0.29, 0.717) is 0 Å². The van der Waals surface area contributed by atoms with Crippen LogP contribution < -0.4 is 11.1 Å². The minimum Gasteiger partial charge on any atom is -0.330 e. The number of alkyl halides is 2. The van der Waals surface area contributed by atoms with Crippen molar-refractivity contribution in [3.8, 4) is 0 Å². The molecular weight excluding hydrogens is 414 g/mol. The predicted octanol–water partition coefficient (Wildman–Crippen LogP) is 3.11. The van der Waals surface area contributed by atoms with Gasteiger partial charge < -0.3 is 11.1 Å². The van der Waals surface area contributed by atoms with Gasteiger partial charge in [0.05, 0.1) is 0 Å². The van der Waals surface area contributed by atoms with Crippen molar-refractivity contribution in [2.75, 3.05) is 24.1 Å². The fourth-order valence-corrected chi connectivity index (χ4v) is 2.69. The summed E-state index contributed by atoms with van der Waals surface area (Å²) in [6.07, 6.45) is 8.05. The van der Waals surface area contributed by atoms with E-state index >= 15 is 0 Å². The van der Waals surface area contributed by atoms with E-state index in [-0.39, 0.29) is 0 Å². The predicted molar refractivity (Wildman–Crippen MR) is 86.3 cm³/mol. The van der Waals surface area contributed by atoms with Crippen LogP contribution in [0.5, 0.6) is 0 Å². The van der Waals surface area contributed by atoms with Crippen molar-refractivity contribution < 1.29 is 0 Å². The van der Waals surface area contributed by atoms with Gasteiger partial charge in [0.2, 0.25) is 0 Å². The Kier molecular flexibility index (Phi) is 14.7. The summed E-state index contributed by atoms with van der Waals surface area (Å²) in [5.41, 5.74) is 5.43. The van der Waals surface area contributed by atoms with Crippen LogP contribution in [0.15, 0.2) is 0 Å². The molecule has 0 spiro atoms. The zero-order chi connectivity index (χ0) is 11.4. The van der Waals surface area contributed by atoms with E-state index in [2.05, 4.69) is 50.5 Å². The Morgan fingerprint density at radius 3 is 2.47 bits per heavy atom. The Bertz CT molecular complexity index is 123. The Balaban J connectivity index is 3.08. The van der Waals surface area contributed by atoms with Gasteiger partial charge in [0.25, 0.3) is 0 Å². The molecule has 0 saturated carbocycles. The molecule has 92 valence electrons. The summed E-state index contributed by atoms with van der Waals surface area (Å²) in [6.45, 7) is 3.02. The zero-order valence-corrected chi connectivity index (χ0v) is 13.8. The number of hydrogen-bond acceptors (Lipinski definition) is 2. The maximum absolute atomic E-state index is 5.43. The lowest BCUT2D eigenvalue weighted by Crippen LogP contribution is -2.25. The largest absolute Gasteiger partial charge is 0.330 e. The molecule has 3 N–H and O–H groups in total. The lowest BCUT2D eigenvalue weighted by molar-refractivity contribution is 0.587. The third kappa shape index (κ3) is 13.3. The number of unbranched alkanes of at least 4 members (excludes halogenated alkanes) is 3. The van der Waals surface area contributed by atoms with Crippen molar-refractivity contribution in [1.29, 1.82) is 0 Å². The van der Waals surface area contributed by atoms with Crippen molar-refractivity contribution in [2.45, 2.75) is 42.4 Å². The van der Waals surface area contributed by atoms with Crippen LogP contribution in [0.4, 0.5) is 0 Å². The minimum absolute atomic E-state index is 0.792. The summed E-state index contributed by atoms with van der Waals surface area (Å²) in [4.78, 5) is 0. The van der Waals surface area contributed by atoms with Crippen molar-refractivity contribution in [2.24, 2.45) is 5.73 Å². The van der Waals surface area contributed by atoms with Crippen LogP contribution in [0.25, 0.3) is 0 Å². The molecule has 4 heteroatoms. The van der Waals surface area contributed by atoms with Crippen molar-refractivity contribution in [3.63, 3.8) is 0 Å². The maximum atomic E-state index is 5.43. The molecular formula is C11H24I2N2. The normalized spacial score (nSPS) is 13.0. The highest BCUT2D eigenvalue weighted by atomic mass is 127. The van der Waals surface area contributed by atoms with Gasteiger partial charge in [-0.05, 0) is 36.8 Å². The number of nitrogens with one attached hydrogen (secondary N) is 1. The molecule has 0 aromatic rings. The van der Waals surface area contributed by atoms with Gasteiger partial charge in [0.1, 0.15) is 0 Å². The summed E-state index contributed by atoms with van der Waals surface area (Å²) in [6, 6.07) is 0. The highest BCUT2D eigenvalue weighted by molar-refractivity contribution is 14.1. The Labute approximate surface area is 122 Å². The number of nitrogens with two attached hydrogens (primary N) is 1. The van der Waals surface area contributed by atoms with Gasteiger partial charge in [0, 0.05) is 10.5 Å². The fraction of sp³-hybridized carbons (Fsp3) is 1.00. The molecule has 1 atom stereocenters. The monoisotopic (exact) mass is 438 g/mol. The zero-order valence-electron chi connectivity index (χ0n) is 9.48. The van der Waals surface area contributed by atoms with Crippen LogP contribution in [0.1, 0.15) is 38.5 Å². The molecule has 0 aromatic carbocycles. The van der Waals surface area contributed by atoms with Crippen LogP contribution in [-0.2, 0) is 0 Å². The van der Waals surface area contributed by atoms with Gasteiger partial charge in [-0.1, -0.05) is 64.4 Å². The average Bonchev–Trinajstić information content (AvgIpc) is 2.24. The highest BCUT2D eigenvalue weighted by Gasteiger charge is 2.02. The van der Waals surface area contributed by atoms with Gasteiger partial charge in [-0.15, -0.1) is 0 Å². The third-order valence-electron chi connectivity index (χ3n) is 2.32. The van der Waals surface area contributed by atoms with Crippen LogP contribution in [-0.4, -0.2) is 28.0 Å². The SMILES string of the molecule is NCCCNCC(I)CCCCCCI. The van der Waals surface area contributed by atoms with E-state index in [1.807, 2.05) is 0 Å². The van der Waals surface area contributed by atoms with Gasteiger partial charge in [0.15, 0.2) is 0 Å². The molecule has 0 radical (unpaired) electrons. The quantitative estimate of drug-likeness (QED) is 0.296. The number of halogens is 2.